The van der Waals surface area contributed by atoms with Gasteiger partial charge >= 0.3 is 0 Å². The molecule has 6 nitrogen and oxygen atoms in total. The number of hydrogen-bond donors (Lipinski definition) is 1. The van der Waals surface area contributed by atoms with Gasteiger partial charge in [-0.2, -0.15) is 0 Å². The molecular weight excluding hydrogens is 278 g/mol. The van der Waals surface area contributed by atoms with Gasteiger partial charge in [0, 0.05) is 30.1 Å². The maximum Gasteiger partial charge on any atom is 0.269 e. The minimum Gasteiger partial charge on any atom is -0.302 e. The molecule has 0 saturated carbocycles. The first-order chi connectivity index (χ1) is 9.54. The van der Waals surface area contributed by atoms with Crippen LogP contribution in [0.5, 0.6) is 0 Å². The number of anilines is 1. The summed E-state index contributed by atoms with van der Waals surface area (Å²) >= 11 is 1.35. The second-order valence-electron chi connectivity index (χ2n) is 3.93. The SMILES string of the molecule is CC(=O)Nc1ncc(/C=C\c2ccc([N+](=O)[O-])cc2)s1. The van der Waals surface area contributed by atoms with Gasteiger partial charge < -0.3 is 5.32 Å². The molecule has 0 aliphatic rings. The lowest BCUT2D eigenvalue weighted by Gasteiger charge is -1.93. The van der Waals surface area contributed by atoms with Gasteiger partial charge in [0.2, 0.25) is 5.91 Å². The molecule has 0 fully saturated rings. The highest BCUT2D eigenvalue weighted by Gasteiger charge is 2.03. The van der Waals surface area contributed by atoms with Gasteiger partial charge in [-0.05, 0) is 23.8 Å². The van der Waals surface area contributed by atoms with Gasteiger partial charge in [-0.1, -0.05) is 17.4 Å². The Labute approximate surface area is 118 Å². The number of nitrogens with one attached hydrogen (secondary N) is 1. The maximum atomic E-state index is 10.9. The van der Waals surface area contributed by atoms with E-state index in [9.17, 15) is 14.9 Å². The molecule has 0 unspecified atom stereocenters. The van der Waals surface area contributed by atoms with Crippen LogP contribution in [0.15, 0.2) is 30.5 Å². The summed E-state index contributed by atoms with van der Waals surface area (Å²) in [5, 5.41) is 13.7. The van der Waals surface area contributed by atoms with Crippen LogP contribution in [0, 0.1) is 10.1 Å². The number of nitrogens with zero attached hydrogens (tertiary/aromatic N) is 2. The molecule has 0 radical (unpaired) electrons. The fourth-order valence-corrected chi connectivity index (χ4v) is 2.22. The van der Waals surface area contributed by atoms with Crippen molar-refractivity contribution in [1.29, 1.82) is 0 Å². The molecule has 0 aliphatic heterocycles. The van der Waals surface area contributed by atoms with E-state index in [1.54, 1.807) is 18.3 Å². The first-order valence-corrected chi connectivity index (χ1v) is 6.52. The van der Waals surface area contributed by atoms with Gasteiger partial charge in [0.1, 0.15) is 0 Å². The predicted octanol–water partition coefficient (Wildman–Crippen LogP) is 3.18. The number of hydrogen-bond acceptors (Lipinski definition) is 5. The third-order valence-corrected chi connectivity index (χ3v) is 3.23. The molecule has 1 aromatic heterocycles. The van der Waals surface area contributed by atoms with Gasteiger partial charge in [0.25, 0.3) is 5.69 Å². The smallest absolute Gasteiger partial charge is 0.269 e. The summed E-state index contributed by atoms with van der Waals surface area (Å²) in [6.45, 7) is 1.42. The van der Waals surface area contributed by atoms with Crippen LogP contribution in [0.4, 0.5) is 10.8 Å². The Morgan fingerprint density at radius 2 is 2.05 bits per heavy atom. The average Bonchev–Trinajstić information content (AvgIpc) is 2.83. The van der Waals surface area contributed by atoms with Crippen LogP contribution in [0.25, 0.3) is 12.2 Å². The summed E-state index contributed by atoms with van der Waals surface area (Å²) in [5.74, 6) is -0.162. The van der Waals surface area contributed by atoms with E-state index in [0.717, 1.165) is 10.4 Å². The van der Waals surface area contributed by atoms with Crippen LogP contribution < -0.4 is 5.32 Å². The second-order valence-corrected chi connectivity index (χ2v) is 4.99. The minimum atomic E-state index is -0.434. The maximum absolute atomic E-state index is 10.9. The van der Waals surface area contributed by atoms with Crippen molar-refractivity contribution in [2.45, 2.75) is 6.92 Å². The Morgan fingerprint density at radius 1 is 1.35 bits per heavy atom. The zero-order chi connectivity index (χ0) is 14.5. The van der Waals surface area contributed by atoms with E-state index in [1.165, 1.54) is 30.4 Å². The van der Waals surface area contributed by atoms with Gasteiger partial charge in [-0.25, -0.2) is 4.98 Å². The summed E-state index contributed by atoms with van der Waals surface area (Å²) in [7, 11) is 0. The van der Waals surface area contributed by atoms with Crippen LogP contribution in [0.2, 0.25) is 0 Å². The monoisotopic (exact) mass is 289 g/mol. The third-order valence-electron chi connectivity index (χ3n) is 2.35. The van der Waals surface area contributed by atoms with Crippen molar-refractivity contribution in [1.82, 2.24) is 4.98 Å². The highest BCUT2D eigenvalue weighted by atomic mass is 32.1. The van der Waals surface area contributed by atoms with Gasteiger partial charge in [0.05, 0.1) is 4.92 Å². The van der Waals surface area contributed by atoms with Gasteiger partial charge in [-0.15, -0.1) is 0 Å². The molecule has 0 bridgehead atoms. The molecule has 0 spiro atoms. The minimum absolute atomic E-state index is 0.0629. The number of nitro groups is 1. The number of benzene rings is 1. The Morgan fingerprint density at radius 3 is 2.65 bits per heavy atom. The predicted molar refractivity (Wildman–Crippen MR) is 78.4 cm³/mol. The zero-order valence-electron chi connectivity index (χ0n) is 10.6. The summed E-state index contributed by atoms with van der Waals surface area (Å²) < 4.78 is 0. The molecular formula is C13H11N3O3S. The number of nitro benzene ring substituents is 1. The lowest BCUT2D eigenvalue weighted by molar-refractivity contribution is -0.384. The summed E-state index contributed by atoms with van der Waals surface area (Å²) in [6.07, 6.45) is 5.32. The molecule has 1 aromatic carbocycles. The number of rotatable bonds is 4. The largest absolute Gasteiger partial charge is 0.302 e. The number of amides is 1. The van der Waals surface area contributed by atoms with Crippen LogP contribution >= 0.6 is 11.3 Å². The lowest BCUT2D eigenvalue weighted by Crippen LogP contribution is -2.04. The van der Waals surface area contributed by atoms with E-state index in [4.69, 9.17) is 0 Å². The van der Waals surface area contributed by atoms with Crippen molar-refractivity contribution in [3.05, 3.63) is 51.0 Å². The molecule has 0 saturated heterocycles. The number of carbonyl (C=O) groups is 1. The van der Waals surface area contributed by atoms with Crippen LogP contribution in [-0.4, -0.2) is 15.8 Å². The second kappa shape index (κ2) is 6.07. The fraction of sp³-hybridized carbons (Fsp3) is 0.0769. The number of non-ortho nitro benzene ring substituents is 1. The van der Waals surface area contributed by atoms with Crippen LogP contribution in [0.3, 0.4) is 0 Å². The van der Waals surface area contributed by atoms with Crippen LogP contribution in [0.1, 0.15) is 17.4 Å². The van der Waals surface area contributed by atoms with Gasteiger partial charge in [-0.3, -0.25) is 14.9 Å². The fourth-order valence-electron chi connectivity index (χ4n) is 1.46. The van der Waals surface area contributed by atoms with E-state index in [-0.39, 0.29) is 11.6 Å². The molecule has 102 valence electrons. The van der Waals surface area contributed by atoms with Crippen LogP contribution in [-0.2, 0) is 4.79 Å². The third kappa shape index (κ3) is 3.72. The van der Waals surface area contributed by atoms with E-state index in [0.29, 0.717) is 5.13 Å². The highest BCUT2D eigenvalue weighted by molar-refractivity contribution is 7.16. The number of carbonyl (C=O) groups excluding carboxylic acids is 1. The first-order valence-electron chi connectivity index (χ1n) is 5.70. The Balaban J connectivity index is 2.07. The molecule has 1 heterocycles. The molecule has 2 rings (SSSR count). The van der Waals surface area contributed by atoms with Crippen molar-refractivity contribution >= 4 is 40.2 Å². The van der Waals surface area contributed by atoms with Crippen molar-refractivity contribution in [3.63, 3.8) is 0 Å². The number of aromatic nitrogens is 1. The van der Waals surface area contributed by atoms with Crippen molar-refractivity contribution in [2.24, 2.45) is 0 Å². The standard InChI is InChI=1S/C13H11N3O3S/c1-9(17)15-13-14-8-12(20-13)7-4-10-2-5-11(6-3-10)16(18)19/h2-8H,1H3,(H,14,15,17)/b7-4-. The van der Waals surface area contributed by atoms with Crippen molar-refractivity contribution in [3.8, 4) is 0 Å². The lowest BCUT2D eigenvalue weighted by atomic mass is 10.2. The summed E-state index contributed by atoms with van der Waals surface area (Å²) in [5.41, 5.74) is 0.915. The van der Waals surface area contributed by atoms with E-state index in [1.807, 2.05) is 12.2 Å². The number of thiazole rings is 1. The molecule has 2 aromatic rings. The Kier molecular flexibility index (Phi) is 4.21. The normalized spacial score (nSPS) is 10.7. The molecule has 20 heavy (non-hydrogen) atoms. The topological polar surface area (TPSA) is 85.1 Å². The van der Waals surface area contributed by atoms with E-state index in [2.05, 4.69) is 10.3 Å². The quantitative estimate of drug-likeness (QED) is 0.692. The van der Waals surface area contributed by atoms with Crippen molar-refractivity contribution < 1.29 is 9.72 Å². The average molecular weight is 289 g/mol. The first kappa shape index (κ1) is 13.9. The van der Waals surface area contributed by atoms with Gasteiger partial charge in [0.15, 0.2) is 5.13 Å². The molecule has 0 atom stereocenters. The zero-order valence-corrected chi connectivity index (χ0v) is 11.4. The molecule has 1 amide bonds. The molecule has 0 aliphatic carbocycles. The highest BCUT2D eigenvalue weighted by Crippen LogP contribution is 2.21. The van der Waals surface area contributed by atoms with E-state index < -0.39 is 4.92 Å². The Hall–Kier alpha value is -2.54. The Bertz CT molecular complexity index is 662. The van der Waals surface area contributed by atoms with Crippen molar-refractivity contribution in [2.75, 3.05) is 5.32 Å². The summed E-state index contributed by atoms with van der Waals surface area (Å²) in [6, 6.07) is 6.25. The molecule has 1 N–H and O–H groups in total. The molecule has 7 heteroatoms. The van der Waals surface area contributed by atoms with E-state index >= 15 is 0 Å². The summed E-state index contributed by atoms with van der Waals surface area (Å²) in [4.78, 5) is 25.9.